The predicted molar refractivity (Wildman–Crippen MR) is 62.1 cm³/mol. The van der Waals surface area contributed by atoms with Crippen LogP contribution in [-0.2, 0) is 0 Å². The highest BCUT2D eigenvalue weighted by molar-refractivity contribution is 5.88. The highest BCUT2D eigenvalue weighted by Gasteiger charge is 2.41. The van der Waals surface area contributed by atoms with Crippen LogP contribution in [0.5, 0.6) is 0 Å². The molecular formula is C12H12F4N2O2. The van der Waals surface area contributed by atoms with E-state index in [9.17, 15) is 22.4 Å². The molecule has 0 unspecified atom stereocenters. The second kappa shape index (κ2) is 5.26. The normalized spacial score (nSPS) is 17.3. The van der Waals surface area contributed by atoms with E-state index >= 15 is 0 Å². The number of carboxylic acids is 1. The van der Waals surface area contributed by atoms with Gasteiger partial charge in [-0.1, -0.05) is 0 Å². The number of rotatable bonds is 2. The number of pyridine rings is 1. The fraction of sp³-hybridized carbons (Fsp3) is 0.500. The summed E-state index contributed by atoms with van der Waals surface area (Å²) in [6.07, 6.45) is -3.41. The third-order valence-corrected chi connectivity index (χ3v) is 3.36. The molecule has 0 amide bonds. The molecule has 0 radical (unpaired) electrons. The first-order valence-electron chi connectivity index (χ1n) is 6.00. The lowest BCUT2D eigenvalue weighted by Gasteiger charge is -2.33. The van der Waals surface area contributed by atoms with Gasteiger partial charge in [-0.05, 0) is 18.9 Å². The van der Waals surface area contributed by atoms with Crippen LogP contribution in [0, 0.1) is 11.7 Å². The first kappa shape index (κ1) is 14.5. The number of alkyl halides is 3. The maximum atomic E-state index is 13.9. The molecule has 1 N–H and O–H groups in total. The lowest BCUT2D eigenvalue weighted by molar-refractivity contribution is -0.179. The third-order valence-electron chi connectivity index (χ3n) is 3.36. The number of carboxylic acid groups (broad SMARTS) is 1. The molecule has 1 aliphatic heterocycles. The molecule has 4 nitrogen and oxygen atoms in total. The summed E-state index contributed by atoms with van der Waals surface area (Å²) in [6.45, 7) is -0.00562. The molecule has 1 aromatic rings. The van der Waals surface area contributed by atoms with E-state index in [1.165, 1.54) is 4.90 Å². The molecule has 0 aliphatic carbocycles. The van der Waals surface area contributed by atoms with Crippen LogP contribution in [0.4, 0.5) is 23.4 Å². The van der Waals surface area contributed by atoms with Crippen LogP contribution in [0.3, 0.4) is 0 Å². The summed E-state index contributed by atoms with van der Waals surface area (Å²) in [5, 5.41) is 8.80. The second-order valence-electron chi connectivity index (χ2n) is 4.60. The van der Waals surface area contributed by atoms with Gasteiger partial charge in [0, 0.05) is 19.3 Å². The Morgan fingerprint density at radius 2 is 1.95 bits per heavy atom. The fourth-order valence-corrected chi connectivity index (χ4v) is 2.24. The molecule has 110 valence electrons. The first-order chi connectivity index (χ1) is 9.30. The smallest absolute Gasteiger partial charge is 0.391 e. The number of anilines is 1. The Bertz CT molecular complexity index is 511. The number of carbonyl (C=O) groups is 1. The number of piperidine rings is 1. The van der Waals surface area contributed by atoms with Gasteiger partial charge in [0.15, 0.2) is 11.6 Å². The topological polar surface area (TPSA) is 53.4 Å². The van der Waals surface area contributed by atoms with E-state index in [2.05, 4.69) is 4.98 Å². The summed E-state index contributed by atoms with van der Waals surface area (Å²) >= 11 is 0. The van der Waals surface area contributed by atoms with Crippen molar-refractivity contribution in [3.05, 3.63) is 23.6 Å². The highest BCUT2D eigenvalue weighted by Crippen LogP contribution is 2.35. The molecule has 0 spiro atoms. The van der Waals surface area contributed by atoms with E-state index < -0.39 is 29.4 Å². The van der Waals surface area contributed by atoms with Crippen molar-refractivity contribution in [1.82, 2.24) is 4.98 Å². The molecule has 1 aliphatic rings. The minimum Gasteiger partial charge on any atom is -0.478 e. The van der Waals surface area contributed by atoms with Crippen molar-refractivity contribution in [2.45, 2.75) is 19.0 Å². The zero-order chi connectivity index (χ0) is 14.9. The molecule has 1 fully saturated rings. The van der Waals surface area contributed by atoms with Gasteiger partial charge in [0.05, 0.1) is 5.92 Å². The number of halogens is 4. The predicted octanol–water partition coefficient (Wildman–Crippen LogP) is 2.70. The van der Waals surface area contributed by atoms with Gasteiger partial charge in [0.25, 0.3) is 0 Å². The lowest BCUT2D eigenvalue weighted by Crippen LogP contribution is -2.39. The maximum Gasteiger partial charge on any atom is 0.391 e. The molecule has 2 rings (SSSR count). The maximum absolute atomic E-state index is 13.9. The fourth-order valence-electron chi connectivity index (χ4n) is 2.24. The molecule has 2 heterocycles. The Kier molecular flexibility index (Phi) is 3.82. The van der Waals surface area contributed by atoms with E-state index in [0.717, 1.165) is 12.3 Å². The van der Waals surface area contributed by atoms with E-state index in [4.69, 9.17) is 5.11 Å². The van der Waals surface area contributed by atoms with Gasteiger partial charge in [-0.3, -0.25) is 0 Å². The minimum absolute atomic E-state index is 0.00281. The lowest BCUT2D eigenvalue weighted by atomic mass is 9.96. The largest absolute Gasteiger partial charge is 0.478 e. The number of nitrogens with zero attached hydrogens (tertiary/aromatic N) is 2. The quantitative estimate of drug-likeness (QED) is 0.852. The molecule has 0 atom stereocenters. The van der Waals surface area contributed by atoms with Crippen LogP contribution >= 0.6 is 0 Å². The van der Waals surface area contributed by atoms with Crippen molar-refractivity contribution in [2.75, 3.05) is 18.0 Å². The van der Waals surface area contributed by atoms with Gasteiger partial charge >= 0.3 is 12.1 Å². The second-order valence-corrected chi connectivity index (χ2v) is 4.60. The Morgan fingerprint density at radius 1 is 1.35 bits per heavy atom. The van der Waals surface area contributed by atoms with Crippen LogP contribution in [0.15, 0.2) is 12.3 Å². The van der Waals surface area contributed by atoms with E-state index in [0.29, 0.717) is 0 Å². The van der Waals surface area contributed by atoms with Gasteiger partial charge in [-0.25, -0.2) is 14.2 Å². The van der Waals surface area contributed by atoms with Crippen LogP contribution in [0.2, 0.25) is 0 Å². The molecule has 1 saturated heterocycles. The van der Waals surface area contributed by atoms with Crippen LogP contribution in [0.25, 0.3) is 0 Å². The van der Waals surface area contributed by atoms with Crippen molar-refractivity contribution >= 4 is 11.8 Å². The Hall–Kier alpha value is -1.86. The Labute approximate surface area is 112 Å². The molecule has 20 heavy (non-hydrogen) atoms. The van der Waals surface area contributed by atoms with Gasteiger partial charge in [0.2, 0.25) is 0 Å². The highest BCUT2D eigenvalue weighted by atomic mass is 19.4. The molecule has 0 bridgehead atoms. The summed E-state index contributed by atoms with van der Waals surface area (Å²) in [7, 11) is 0. The van der Waals surface area contributed by atoms with E-state index in [1.807, 2.05) is 0 Å². The average Bonchev–Trinajstić information content (AvgIpc) is 2.38. The molecule has 0 saturated carbocycles. The molecule has 8 heteroatoms. The van der Waals surface area contributed by atoms with Gasteiger partial charge in [-0.2, -0.15) is 13.2 Å². The summed E-state index contributed by atoms with van der Waals surface area (Å²) in [5.41, 5.74) is -0.534. The van der Waals surface area contributed by atoms with Gasteiger partial charge in [-0.15, -0.1) is 0 Å². The SMILES string of the molecule is O=C(O)c1ccnc(N2CCC(C(F)(F)F)CC2)c1F. The first-order valence-corrected chi connectivity index (χ1v) is 6.00. The van der Waals surface area contributed by atoms with Crippen LogP contribution in [-0.4, -0.2) is 35.3 Å². The molecule has 1 aromatic heterocycles. The van der Waals surface area contributed by atoms with Crippen molar-refractivity contribution < 1.29 is 27.5 Å². The van der Waals surface area contributed by atoms with Crippen LogP contribution < -0.4 is 4.90 Å². The Morgan fingerprint density at radius 3 is 2.45 bits per heavy atom. The third kappa shape index (κ3) is 2.83. The van der Waals surface area contributed by atoms with Crippen molar-refractivity contribution in [1.29, 1.82) is 0 Å². The van der Waals surface area contributed by atoms with Gasteiger partial charge in [0.1, 0.15) is 5.56 Å². The Balaban J connectivity index is 2.15. The number of hydrogen-bond acceptors (Lipinski definition) is 3. The van der Waals surface area contributed by atoms with Crippen LogP contribution in [0.1, 0.15) is 23.2 Å². The number of aromatic nitrogens is 1. The monoisotopic (exact) mass is 292 g/mol. The summed E-state index contributed by atoms with van der Waals surface area (Å²) in [6, 6.07) is 1.02. The standard InChI is InChI=1S/C12H12F4N2O2/c13-9-8(11(19)20)1-4-17-10(9)18-5-2-7(3-6-18)12(14,15)16/h1,4,7H,2-3,5-6H2,(H,19,20). The number of aromatic carboxylic acids is 1. The van der Waals surface area contributed by atoms with E-state index in [-0.39, 0.29) is 31.7 Å². The van der Waals surface area contributed by atoms with Crippen molar-refractivity contribution in [3.8, 4) is 0 Å². The summed E-state index contributed by atoms with van der Waals surface area (Å²) in [5.74, 6) is -4.04. The van der Waals surface area contributed by atoms with Crippen molar-refractivity contribution in [3.63, 3.8) is 0 Å². The zero-order valence-electron chi connectivity index (χ0n) is 10.3. The molecule has 0 aromatic carbocycles. The number of hydrogen-bond donors (Lipinski definition) is 1. The summed E-state index contributed by atoms with van der Waals surface area (Å²) < 4.78 is 51.5. The van der Waals surface area contributed by atoms with Gasteiger partial charge < -0.3 is 10.0 Å². The van der Waals surface area contributed by atoms with Crippen molar-refractivity contribution in [2.24, 2.45) is 5.92 Å². The average molecular weight is 292 g/mol. The summed E-state index contributed by atoms with van der Waals surface area (Å²) in [4.78, 5) is 15.9. The molecular weight excluding hydrogens is 280 g/mol. The van der Waals surface area contributed by atoms with E-state index in [1.54, 1.807) is 0 Å². The zero-order valence-corrected chi connectivity index (χ0v) is 10.3. The minimum atomic E-state index is -4.25.